The summed E-state index contributed by atoms with van der Waals surface area (Å²) in [6.45, 7) is 0.667. The van der Waals surface area contributed by atoms with E-state index in [0.29, 0.717) is 18.2 Å². The molecule has 5 heterocycles. The van der Waals surface area contributed by atoms with Crippen molar-refractivity contribution in [1.29, 1.82) is 0 Å². The van der Waals surface area contributed by atoms with Gasteiger partial charge in [-0.25, -0.2) is 4.98 Å². The molecule has 1 amide bonds. The highest BCUT2D eigenvalue weighted by atomic mass is 32.1. The number of H-pyrrole nitrogens is 2. The Hall–Kier alpha value is -3.39. The molecule has 0 aliphatic carbocycles. The van der Waals surface area contributed by atoms with Crippen LogP contribution in [0.3, 0.4) is 0 Å². The fraction of sp³-hybridized carbons (Fsp3) is 0.105. The number of pyridine rings is 1. The van der Waals surface area contributed by atoms with Crippen LogP contribution in [0.15, 0.2) is 48.0 Å². The SMILES string of the molecule is O=C1NCCc2[nH]c(-c3ccnc(Nc4cc(-c5cccs5)[nH]n4)c3)cc21. The number of aromatic nitrogens is 4. The summed E-state index contributed by atoms with van der Waals surface area (Å²) in [5, 5.41) is 15.5. The first-order chi connectivity index (χ1) is 13.3. The predicted octanol–water partition coefficient (Wildman–Crippen LogP) is 3.56. The van der Waals surface area contributed by atoms with Crippen molar-refractivity contribution >= 4 is 28.9 Å². The van der Waals surface area contributed by atoms with Crippen molar-refractivity contribution in [2.45, 2.75) is 6.42 Å². The first kappa shape index (κ1) is 15.8. The number of hydrogen-bond acceptors (Lipinski definition) is 5. The Balaban J connectivity index is 1.40. The molecule has 0 fully saturated rings. The Kier molecular flexibility index (Phi) is 3.75. The van der Waals surface area contributed by atoms with Crippen LogP contribution in [0.25, 0.3) is 21.8 Å². The number of thiophene rings is 1. The van der Waals surface area contributed by atoms with Crippen LogP contribution in [-0.4, -0.2) is 32.6 Å². The molecule has 4 aromatic rings. The summed E-state index contributed by atoms with van der Waals surface area (Å²) in [6, 6.07) is 11.8. The first-order valence-electron chi connectivity index (χ1n) is 8.59. The van der Waals surface area contributed by atoms with Gasteiger partial charge in [0.2, 0.25) is 0 Å². The molecule has 0 spiro atoms. The van der Waals surface area contributed by atoms with Crippen molar-refractivity contribution in [3.63, 3.8) is 0 Å². The second kappa shape index (κ2) is 6.40. The van der Waals surface area contributed by atoms with Gasteiger partial charge >= 0.3 is 0 Å². The molecule has 0 saturated heterocycles. The minimum absolute atomic E-state index is 0.0243. The highest BCUT2D eigenvalue weighted by molar-refractivity contribution is 7.13. The highest BCUT2D eigenvalue weighted by Crippen LogP contribution is 2.28. The summed E-state index contributed by atoms with van der Waals surface area (Å²) in [4.78, 5) is 20.8. The van der Waals surface area contributed by atoms with Crippen molar-refractivity contribution in [2.75, 3.05) is 11.9 Å². The molecule has 134 valence electrons. The first-order valence-corrected chi connectivity index (χ1v) is 9.47. The monoisotopic (exact) mass is 376 g/mol. The van der Waals surface area contributed by atoms with Gasteiger partial charge < -0.3 is 15.6 Å². The normalized spacial score (nSPS) is 13.3. The van der Waals surface area contributed by atoms with Gasteiger partial charge in [0.25, 0.3) is 5.91 Å². The van der Waals surface area contributed by atoms with Gasteiger partial charge in [-0.3, -0.25) is 9.89 Å². The smallest absolute Gasteiger partial charge is 0.253 e. The Morgan fingerprint density at radius 1 is 1.11 bits per heavy atom. The summed E-state index contributed by atoms with van der Waals surface area (Å²) < 4.78 is 0. The van der Waals surface area contributed by atoms with E-state index in [4.69, 9.17) is 0 Å². The van der Waals surface area contributed by atoms with Crippen LogP contribution in [0, 0.1) is 0 Å². The molecule has 0 radical (unpaired) electrons. The number of fused-ring (bicyclic) bond motifs is 1. The summed E-state index contributed by atoms with van der Waals surface area (Å²) in [7, 11) is 0. The minimum Gasteiger partial charge on any atom is -0.358 e. The maximum Gasteiger partial charge on any atom is 0.253 e. The number of hydrogen-bond donors (Lipinski definition) is 4. The zero-order valence-electron chi connectivity index (χ0n) is 14.2. The summed E-state index contributed by atoms with van der Waals surface area (Å²) >= 11 is 1.66. The lowest BCUT2D eigenvalue weighted by atomic mass is 10.1. The summed E-state index contributed by atoms with van der Waals surface area (Å²) in [5.41, 5.74) is 4.53. The van der Waals surface area contributed by atoms with Crippen LogP contribution in [-0.2, 0) is 6.42 Å². The van der Waals surface area contributed by atoms with E-state index in [-0.39, 0.29) is 5.91 Å². The Morgan fingerprint density at radius 3 is 2.93 bits per heavy atom. The largest absolute Gasteiger partial charge is 0.358 e. The molecule has 0 bridgehead atoms. The Bertz CT molecular complexity index is 1110. The van der Waals surface area contributed by atoms with Crippen LogP contribution in [0.4, 0.5) is 11.6 Å². The molecule has 0 aromatic carbocycles. The van der Waals surface area contributed by atoms with E-state index in [9.17, 15) is 4.79 Å². The van der Waals surface area contributed by atoms with Gasteiger partial charge in [-0.15, -0.1) is 11.3 Å². The van der Waals surface area contributed by atoms with Crippen LogP contribution >= 0.6 is 11.3 Å². The number of amides is 1. The van der Waals surface area contributed by atoms with E-state index in [1.54, 1.807) is 17.5 Å². The molecule has 4 aromatic heterocycles. The molecule has 8 heteroatoms. The second-order valence-corrected chi connectivity index (χ2v) is 7.23. The number of carbonyl (C=O) groups excluding carboxylic acids is 1. The number of carbonyl (C=O) groups is 1. The standard InChI is InChI=1S/C19H16N6OS/c26-19-12-9-14(22-13(12)4-6-21-19)11-3-5-20-17(8-11)23-18-10-15(24-25-18)16-2-1-7-27-16/h1-3,5,7-10,22H,4,6H2,(H,21,26)(H2,20,23,24,25). The fourth-order valence-corrected chi connectivity index (χ4v) is 3.88. The molecule has 0 saturated carbocycles. The van der Waals surface area contributed by atoms with Crippen molar-refractivity contribution in [2.24, 2.45) is 0 Å². The van der Waals surface area contributed by atoms with E-state index in [2.05, 4.69) is 30.8 Å². The van der Waals surface area contributed by atoms with E-state index in [1.807, 2.05) is 41.8 Å². The quantitative estimate of drug-likeness (QED) is 0.438. The van der Waals surface area contributed by atoms with Crippen LogP contribution in [0.2, 0.25) is 0 Å². The topological polar surface area (TPSA) is 98.5 Å². The number of aromatic amines is 2. The fourth-order valence-electron chi connectivity index (χ4n) is 3.19. The average Bonchev–Trinajstić information content (AvgIpc) is 3.42. The number of nitrogens with one attached hydrogen (secondary N) is 4. The molecular weight excluding hydrogens is 360 g/mol. The zero-order chi connectivity index (χ0) is 18.2. The maximum absolute atomic E-state index is 12.0. The summed E-state index contributed by atoms with van der Waals surface area (Å²) in [6.07, 6.45) is 2.56. The third kappa shape index (κ3) is 3.00. The number of anilines is 2. The lowest BCUT2D eigenvalue weighted by Crippen LogP contribution is -2.31. The number of nitrogens with zero attached hydrogens (tertiary/aromatic N) is 2. The third-order valence-electron chi connectivity index (χ3n) is 4.50. The van der Waals surface area contributed by atoms with Crippen LogP contribution in [0.5, 0.6) is 0 Å². The molecule has 7 nitrogen and oxygen atoms in total. The van der Waals surface area contributed by atoms with Gasteiger partial charge in [0, 0.05) is 42.2 Å². The predicted molar refractivity (Wildman–Crippen MR) is 105 cm³/mol. The van der Waals surface area contributed by atoms with E-state index in [0.717, 1.165) is 39.5 Å². The number of rotatable bonds is 4. The van der Waals surface area contributed by atoms with Gasteiger partial charge in [-0.2, -0.15) is 5.10 Å². The average molecular weight is 376 g/mol. The van der Waals surface area contributed by atoms with Gasteiger partial charge in [0.15, 0.2) is 5.82 Å². The van der Waals surface area contributed by atoms with Crippen molar-refractivity contribution < 1.29 is 4.79 Å². The highest BCUT2D eigenvalue weighted by Gasteiger charge is 2.20. The molecule has 1 aliphatic heterocycles. The van der Waals surface area contributed by atoms with Gasteiger partial charge in [-0.1, -0.05) is 6.07 Å². The van der Waals surface area contributed by atoms with Crippen molar-refractivity contribution in [3.8, 4) is 21.8 Å². The third-order valence-corrected chi connectivity index (χ3v) is 5.40. The molecule has 0 atom stereocenters. The molecule has 1 aliphatic rings. The van der Waals surface area contributed by atoms with Crippen molar-refractivity contribution in [3.05, 3.63) is 59.2 Å². The lowest BCUT2D eigenvalue weighted by Gasteiger charge is -2.10. The second-order valence-electron chi connectivity index (χ2n) is 6.28. The van der Waals surface area contributed by atoms with Crippen molar-refractivity contribution in [1.82, 2.24) is 25.5 Å². The Morgan fingerprint density at radius 2 is 2.07 bits per heavy atom. The van der Waals surface area contributed by atoms with E-state index < -0.39 is 0 Å². The molecule has 0 unspecified atom stereocenters. The van der Waals surface area contributed by atoms with Gasteiger partial charge in [-0.05, 0) is 29.6 Å². The molecule has 27 heavy (non-hydrogen) atoms. The molecule has 4 N–H and O–H groups in total. The maximum atomic E-state index is 12.0. The van der Waals surface area contributed by atoms with Crippen LogP contribution in [0.1, 0.15) is 16.1 Å². The van der Waals surface area contributed by atoms with E-state index >= 15 is 0 Å². The van der Waals surface area contributed by atoms with Gasteiger partial charge in [0.05, 0.1) is 16.1 Å². The Labute approximate surface area is 158 Å². The zero-order valence-corrected chi connectivity index (χ0v) is 15.1. The summed E-state index contributed by atoms with van der Waals surface area (Å²) in [5.74, 6) is 1.37. The van der Waals surface area contributed by atoms with E-state index in [1.165, 1.54) is 0 Å². The van der Waals surface area contributed by atoms with Crippen LogP contribution < -0.4 is 10.6 Å². The lowest BCUT2D eigenvalue weighted by molar-refractivity contribution is 0.0946. The molecular formula is C19H16N6OS. The molecule has 5 rings (SSSR count). The van der Waals surface area contributed by atoms with Gasteiger partial charge in [0.1, 0.15) is 5.82 Å². The minimum atomic E-state index is -0.0243.